The van der Waals surface area contributed by atoms with Crippen molar-refractivity contribution in [2.75, 3.05) is 6.54 Å². The molecular formula is C45H67NO5. The molecule has 1 aromatic rings. The minimum atomic E-state index is -0.747. The van der Waals surface area contributed by atoms with Crippen LogP contribution in [-0.2, 0) is 20.9 Å². The molecule has 11 unspecified atom stereocenters. The van der Waals surface area contributed by atoms with E-state index >= 15 is 0 Å². The molecule has 5 fully saturated rings. The number of ketones is 2. The fourth-order valence-electron chi connectivity index (χ4n) is 14.5. The first-order valence-corrected chi connectivity index (χ1v) is 20.7. The van der Waals surface area contributed by atoms with Gasteiger partial charge in [-0.2, -0.15) is 0 Å². The number of hydrogen-bond donors (Lipinski definition) is 2. The predicted octanol–water partition coefficient (Wildman–Crippen LogP) is 9.90. The Kier molecular flexibility index (Phi) is 9.45. The van der Waals surface area contributed by atoms with Gasteiger partial charge in [0.25, 0.3) is 0 Å². The van der Waals surface area contributed by atoms with Crippen molar-refractivity contribution in [3.8, 4) is 0 Å². The van der Waals surface area contributed by atoms with Gasteiger partial charge in [0.2, 0.25) is 0 Å². The Bertz CT molecular complexity index is 1600. The number of hydrogen-bond acceptors (Lipinski definition) is 5. The fourth-order valence-corrected chi connectivity index (χ4v) is 14.5. The Balaban J connectivity index is 1.08. The van der Waals surface area contributed by atoms with E-state index in [1.54, 1.807) is 5.57 Å². The van der Waals surface area contributed by atoms with Gasteiger partial charge in [0.1, 0.15) is 17.3 Å². The van der Waals surface area contributed by atoms with E-state index in [4.69, 9.17) is 4.42 Å². The van der Waals surface area contributed by atoms with E-state index in [9.17, 15) is 19.5 Å². The first-order valence-electron chi connectivity index (χ1n) is 20.7. The zero-order valence-corrected chi connectivity index (χ0v) is 33.3. The summed E-state index contributed by atoms with van der Waals surface area (Å²) < 4.78 is 5.77. The van der Waals surface area contributed by atoms with Gasteiger partial charge in [-0.1, -0.05) is 54.0 Å². The summed E-state index contributed by atoms with van der Waals surface area (Å²) in [4.78, 5) is 39.1. The van der Waals surface area contributed by atoms with Crippen LogP contribution in [0.4, 0.5) is 0 Å². The number of rotatable bonds is 10. The first-order chi connectivity index (χ1) is 23.9. The van der Waals surface area contributed by atoms with Crippen molar-refractivity contribution in [2.45, 2.75) is 146 Å². The maximum Gasteiger partial charge on any atom is 0.306 e. The standard InChI is InChI=1S/C45H67NO5/c1-25(2)39-36(48)23-45(18-19-46-24-29-20-26(3)51-28(29)5)17-13-34-31(40(39)45)10-11-38-43(34,8)16-14-37-42(6,7)30(12-15-44(37,38)9)21-35(47)32-22-33(27(32)4)41(49)50/h20,25,27,30-34,37-38,46H,10-19,21-24H2,1-9H3,(H,49,50). The molecule has 6 aliphatic carbocycles. The molecule has 6 heteroatoms. The number of carboxylic acids is 1. The summed E-state index contributed by atoms with van der Waals surface area (Å²) in [5.74, 6) is 4.52. The minimum Gasteiger partial charge on any atom is -0.481 e. The molecular weight excluding hydrogens is 634 g/mol. The summed E-state index contributed by atoms with van der Waals surface area (Å²) in [6.07, 6.45) is 12.5. The third-order valence-corrected chi connectivity index (χ3v) is 17.2. The van der Waals surface area contributed by atoms with Crippen LogP contribution in [0.2, 0.25) is 0 Å². The van der Waals surface area contributed by atoms with Gasteiger partial charge in [-0.25, -0.2) is 0 Å². The number of nitrogens with one attached hydrogen (secondary N) is 1. The van der Waals surface area contributed by atoms with Crippen LogP contribution < -0.4 is 5.32 Å². The van der Waals surface area contributed by atoms with Gasteiger partial charge in [0.05, 0.1) is 5.92 Å². The maximum atomic E-state index is 13.9. The Labute approximate surface area is 307 Å². The Morgan fingerprint density at radius 1 is 0.961 bits per heavy atom. The van der Waals surface area contributed by atoms with E-state index in [0.29, 0.717) is 60.4 Å². The molecule has 282 valence electrons. The summed E-state index contributed by atoms with van der Waals surface area (Å²) in [5, 5.41) is 13.2. The molecule has 2 N–H and O–H groups in total. The van der Waals surface area contributed by atoms with Crippen molar-refractivity contribution in [3.05, 3.63) is 34.3 Å². The van der Waals surface area contributed by atoms with Crippen LogP contribution in [0.5, 0.6) is 0 Å². The van der Waals surface area contributed by atoms with Gasteiger partial charge in [-0.3, -0.25) is 14.4 Å². The lowest BCUT2D eigenvalue weighted by molar-refractivity contribution is -0.193. The number of fused-ring (bicyclic) bond motifs is 7. The average molecular weight is 702 g/mol. The number of aryl methyl sites for hydroxylation is 2. The Morgan fingerprint density at radius 2 is 1.69 bits per heavy atom. The van der Waals surface area contributed by atoms with E-state index in [1.807, 2.05) is 20.8 Å². The van der Waals surface area contributed by atoms with Crippen molar-refractivity contribution in [1.29, 1.82) is 0 Å². The van der Waals surface area contributed by atoms with E-state index in [-0.39, 0.29) is 45.3 Å². The minimum absolute atomic E-state index is 0.00547. The topological polar surface area (TPSA) is 96.6 Å². The van der Waals surface area contributed by atoms with Crippen molar-refractivity contribution in [3.63, 3.8) is 0 Å². The number of furan rings is 1. The molecule has 0 aliphatic heterocycles. The molecule has 6 nitrogen and oxygen atoms in total. The molecule has 6 aliphatic rings. The molecule has 0 aromatic carbocycles. The molecule has 0 radical (unpaired) electrons. The normalized spacial score (nSPS) is 41.4. The lowest BCUT2D eigenvalue weighted by Gasteiger charge is -2.69. The Morgan fingerprint density at radius 3 is 2.33 bits per heavy atom. The second-order valence-electron chi connectivity index (χ2n) is 20.1. The quantitative estimate of drug-likeness (QED) is 0.236. The highest BCUT2D eigenvalue weighted by atomic mass is 16.4. The Hall–Kier alpha value is -2.21. The van der Waals surface area contributed by atoms with Crippen LogP contribution in [0.3, 0.4) is 0 Å². The van der Waals surface area contributed by atoms with Crippen molar-refractivity contribution in [2.24, 2.45) is 74.9 Å². The van der Waals surface area contributed by atoms with Gasteiger partial charge < -0.3 is 14.8 Å². The number of aliphatic carboxylic acids is 1. The molecule has 1 heterocycles. The lowest BCUT2D eigenvalue weighted by atomic mass is 9.35. The second kappa shape index (κ2) is 13.0. The van der Waals surface area contributed by atoms with Crippen LogP contribution in [0.15, 0.2) is 21.6 Å². The fraction of sp³-hybridized carbons (Fsp3) is 0.800. The largest absolute Gasteiger partial charge is 0.481 e. The number of carbonyl (C=O) groups excluding carboxylic acids is 2. The van der Waals surface area contributed by atoms with Crippen LogP contribution >= 0.6 is 0 Å². The van der Waals surface area contributed by atoms with E-state index in [0.717, 1.165) is 43.9 Å². The highest BCUT2D eigenvalue weighted by Crippen LogP contribution is 2.74. The van der Waals surface area contributed by atoms with Crippen molar-refractivity contribution >= 4 is 17.5 Å². The average Bonchev–Trinajstić information content (AvgIpc) is 3.53. The lowest BCUT2D eigenvalue weighted by Crippen LogP contribution is -2.62. The molecule has 51 heavy (non-hydrogen) atoms. The third kappa shape index (κ3) is 5.77. The number of carboxylic acid groups (broad SMARTS) is 1. The zero-order valence-electron chi connectivity index (χ0n) is 33.3. The van der Waals surface area contributed by atoms with E-state index in [2.05, 4.69) is 52.9 Å². The molecule has 0 bridgehead atoms. The van der Waals surface area contributed by atoms with Gasteiger partial charge in [-0.15, -0.1) is 0 Å². The highest BCUT2D eigenvalue weighted by Gasteiger charge is 2.66. The summed E-state index contributed by atoms with van der Waals surface area (Å²) in [6, 6.07) is 2.14. The number of Topliss-reactive ketones (excluding diaryl/α,β-unsaturated/α-hetero) is 2. The van der Waals surface area contributed by atoms with Gasteiger partial charge in [-0.05, 0) is 154 Å². The maximum absolute atomic E-state index is 13.9. The van der Waals surface area contributed by atoms with Crippen LogP contribution in [0.25, 0.3) is 0 Å². The summed E-state index contributed by atoms with van der Waals surface area (Å²) in [7, 11) is 0. The smallest absolute Gasteiger partial charge is 0.306 e. The van der Waals surface area contributed by atoms with Gasteiger partial charge in [0.15, 0.2) is 5.78 Å². The molecule has 0 amide bonds. The summed E-state index contributed by atoms with van der Waals surface area (Å²) in [6.45, 7) is 22.5. The van der Waals surface area contributed by atoms with Crippen molar-refractivity contribution in [1.82, 2.24) is 5.32 Å². The molecule has 1 aromatic heterocycles. The van der Waals surface area contributed by atoms with Crippen LogP contribution in [0, 0.1) is 88.8 Å². The molecule has 5 saturated carbocycles. The monoisotopic (exact) mass is 702 g/mol. The predicted molar refractivity (Wildman–Crippen MR) is 201 cm³/mol. The van der Waals surface area contributed by atoms with Crippen LogP contribution in [-0.4, -0.2) is 29.2 Å². The highest BCUT2D eigenvalue weighted by molar-refractivity contribution is 6.00. The van der Waals surface area contributed by atoms with Gasteiger partial charge >= 0.3 is 5.97 Å². The molecule has 11 atom stereocenters. The second-order valence-corrected chi connectivity index (χ2v) is 20.1. The summed E-state index contributed by atoms with van der Waals surface area (Å²) >= 11 is 0. The van der Waals surface area contributed by atoms with Crippen molar-refractivity contribution < 1.29 is 23.9 Å². The van der Waals surface area contributed by atoms with E-state index < -0.39 is 5.97 Å². The third-order valence-electron chi connectivity index (χ3n) is 17.2. The SMILES string of the molecule is Cc1cc(CNCCC23CCC4C(CCC5C4(C)CCC4C(C)(C)C(CC(=O)C6CC(C(=O)O)C6C)CCC45C)C2=C(C(C)C)C(=O)C3)c(C)o1. The molecule has 0 saturated heterocycles. The van der Waals surface area contributed by atoms with E-state index in [1.165, 1.54) is 49.7 Å². The number of carbonyl (C=O) groups is 3. The summed E-state index contributed by atoms with van der Waals surface area (Å²) in [5.41, 5.74) is 4.61. The van der Waals surface area contributed by atoms with Gasteiger partial charge in [0, 0.05) is 36.3 Å². The first kappa shape index (κ1) is 37.1. The molecule has 7 rings (SSSR count). The zero-order chi connectivity index (χ0) is 36.8. The molecule has 0 spiro atoms. The van der Waals surface area contributed by atoms with Crippen LogP contribution in [0.1, 0.15) is 143 Å². The number of allylic oxidation sites excluding steroid dienone is 2.